The molecule has 10 heteroatoms. The first kappa shape index (κ1) is 20.2. The Labute approximate surface area is 174 Å². The highest BCUT2D eigenvalue weighted by Crippen LogP contribution is 2.36. The third-order valence-corrected chi connectivity index (χ3v) is 5.56. The molecule has 0 unspecified atom stereocenters. The molecule has 1 heterocycles. The van der Waals surface area contributed by atoms with Crippen LogP contribution in [0.4, 0.5) is 10.5 Å². The summed E-state index contributed by atoms with van der Waals surface area (Å²) < 4.78 is 4.95. The summed E-state index contributed by atoms with van der Waals surface area (Å²) in [7, 11) is 1.33. The highest BCUT2D eigenvalue weighted by atomic mass is 35.5. The van der Waals surface area contributed by atoms with Gasteiger partial charge in [-0.05, 0) is 41.6 Å². The lowest BCUT2D eigenvalue weighted by molar-refractivity contribution is -0.385. The SMILES string of the molecule is COc1ccc(/C=C2/SC(=O)N(Cc3c(Cl)cccc3Cl)C2=O)cc1[N+](=O)[O-]. The van der Waals surface area contributed by atoms with Crippen molar-refractivity contribution in [3.05, 3.63) is 72.6 Å². The van der Waals surface area contributed by atoms with E-state index in [-0.39, 0.29) is 22.9 Å². The standard InChI is InChI=1S/C18H12Cl2N2O5S/c1-27-15-6-5-10(7-14(15)22(25)26)8-16-17(23)21(18(24)28-16)9-11-12(19)3-2-4-13(11)20/h2-8H,9H2,1H3/b16-8+. The molecule has 3 rings (SSSR count). The first-order valence-corrected chi connectivity index (χ1v) is 9.39. The summed E-state index contributed by atoms with van der Waals surface area (Å²) in [6.45, 7) is -0.0662. The number of amides is 2. The van der Waals surface area contributed by atoms with E-state index in [1.54, 1.807) is 24.3 Å². The van der Waals surface area contributed by atoms with Crippen LogP contribution in [0.25, 0.3) is 6.08 Å². The molecule has 28 heavy (non-hydrogen) atoms. The van der Waals surface area contributed by atoms with Crippen molar-refractivity contribution in [3.63, 3.8) is 0 Å². The number of halogens is 2. The zero-order chi connectivity index (χ0) is 20.4. The summed E-state index contributed by atoms with van der Waals surface area (Å²) in [6, 6.07) is 9.17. The number of thioether (sulfide) groups is 1. The Morgan fingerprint density at radius 1 is 1.21 bits per heavy atom. The van der Waals surface area contributed by atoms with Crippen LogP contribution < -0.4 is 4.74 Å². The Hall–Kier alpha value is -2.55. The molecule has 0 N–H and O–H groups in total. The lowest BCUT2D eigenvalue weighted by Crippen LogP contribution is -2.27. The predicted molar refractivity (Wildman–Crippen MR) is 108 cm³/mol. The van der Waals surface area contributed by atoms with Gasteiger partial charge in [-0.3, -0.25) is 24.6 Å². The molecule has 0 aromatic heterocycles. The molecule has 144 valence electrons. The zero-order valence-electron chi connectivity index (χ0n) is 14.3. The van der Waals surface area contributed by atoms with Gasteiger partial charge in [-0.25, -0.2) is 0 Å². The largest absolute Gasteiger partial charge is 0.490 e. The van der Waals surface area contributed by atoms with Crippen molar-refractivity contribution >= 4 is 57.9 Å². The predicted octanol–water partition coefficient (Wildman–Crippen LogP) is 5.15. The maximum atomic E-state index is 12.7. The number of hydrogen-bond acceptors (Lipinski definition) is 6. The van der Waals surface area contributed by atoms with Crippen LogP contribution in [-0.2, 0) is 11.3 Å². The Balaban J connectivity index is 1.89. The molecule has 1 aliphatic heterocycles. The highest BCUT2D eigenvalue weighted by Gasteiger charge is 2.35. The van der Waals surface area contributed by atoms with Crippen molar-refractivity contribution in [1.82, 2.24) is 4.90 Å². The number of carbonyl (C=O) groups is 2. The van der Waals surface area contributed by atoms with E-state index < -0.39 is 16.1 Å². The van der Waals surface area contributed by atoms with Crippen molar-refractivity contribution in [3.8, 4) is 5.75 Å². The van der Waals surface area contributed by atoms with Crippen LogP contribution in [0.3, 0.4) is 0 Å². The number of benzene rings is 2. The van der Waals surface area contributed by atoms with Crippen LogP contribution in [0.15, 0.2) is 41.3 Å². The summed E-state index contributed by atoms with van der Waals surface area (Å²) >= 11 is 13.0. The number of nitro benzene ring substituents is 1. The van der Waals surface area contributed by atoms with Gasteiger partial charge in [0.1, 0.15) is 0 Å². The topological polar surface area (TPSA) is 89.8 Å². The highest BCUT2D eigenvalue weighted by molar-refractivity contribution is 8.18. The first-order chi connectivity index (χ1) is 13.3. The minimum absolute atomic E-state index is 0.0662. The third kappa shape index (κ3) is 3.99. The number of ether oxygens (including phenoxy) is 1. The average Bonchev–Trinajstić information content (AvgIpc) is 2.91. The second kappa shape index (κ2) is 8.22. The molecule has 2 aromatic carbocycles. The van der Waals surface area contributed by atoms with Gasteiger partial charge in [0, 0.05) is 21.7 Å². The fourth-order valence-corrected chi connectivity index (χ4v) is 3.92. The van der Waals surface area contributed by atoms with Gasteiger partial charge in [-0.15, -0.1) is 0 Å². The molecule has 1 saturated heterocycles. The Kier molecular flexibility index (Phi) is 5.93. The number of hydrogen-bond donors (Lipinski definition) is 0. The van der Waals surface area contributed by atoms with Crippen LogP contribution in [0.5, 0.6) is 5.75 Å². The molecular weight excluding hydrogens is 427 g/mol. The van der Waals surface area contributed by atoms with E-state index in [1.807, 2.05) is 0 Å². The number of nitro groups is 1. The molecular formula is C18H12Cl2N2O5S. The van der Waals surface area contributed by atoms with E-state index in [2.05, 4.69) is 0 Å². The van der Waals surface area contributed by atoms with Crippen LogP contribution in [-0.4, -0.2) is 28.1 Å². The minimum Gasteiger partial charge on any atom is -0.490 e. The maximum Gasteiger partial charge on any atom is 0.311 e. The summed E-state index contributed by atoms with van der Waals surface area (Å²) in [4.78, 5) is 36.7. The molecule has 0 radical (unpaired) electrons. The average molecular weight is 439 g/mol. The molecule has 0 bridgehead atoms. The Morgan fingerprint density at radius 2 is 1.89 bits per heavy atom. The lowest BCUT2D eigenvalue weighted by Gasteiger charge is -2.14. The number of nitrogens with zero attached hydrogens (tertiary/aromatic N) is 2. The second-order valence-electron chi connectivity index (χ2n) is 5.66. The summed E-state index contributed by atoms with van der Waals surface area (Å²) in [5, 5.41) is 11.4. The summed E-state index contributed by atoms with van der Waals surface area (Å²) in [5.74, 6) is -0.423. The quantitative estimate of drug-likeness (QED) is 0.364. The lowest BCUT2D eigenvalue weighted by atomic mass is 10.1. The third-order valence-electron chi connectivity index (χ3n) is 3.95. The van der Waals surface area contributed by atoms with Crippen molar-refractivity contribution in [2.24, 2.45) is 0 Å². The van der Waals surface area contributed by atoms with Crippen molar-refractivity contribution in [1.29, 1.82) is 0 Å². The van der Waals surface area contributed by atoms with E-state index in [0.717, 1.165) is 16.7 Å². The Morgan fingerprint density at radius 3 is 2.50 bits per heavy atom. The van der Waals surface area contributed by atoms with Crippen LogP contribution >= 0.6 is 35.0 Å². The fraction of sp³-hybridized carbons (Fsp3) is 0.111. The maximum absolute atomic E-state index is 12.7. The number of carbonyl (C=O) groups excluding carboxylic acids is 2. The summed E-state index contributed by atoms with van der Waals surface area (Å²) in [5.41, 5.74) is 0.626. The van der Waals surface area contributed by atoms with E-state index in [0.29, 0.717) is 21.2 Å². The van der Waals surface area contributed by atoms with Gasteiger partial charge in [-0.1, -0.05) is 35.3 Å². The zero-order valence-corrected chi connectivity index (χ0v) is 16.7. The van der Waals surface area contributed by atoms with E-state index >= 15 is 0 Å². The molecule has 0 spiro atoms. The van der Waals surface area contributed by atoms with Crippen molar-refractivity contribution in [2.75, 3.05) is 7.11 Å². The van der Waals surface area contributed by atoms with E-state index in [1.165, 1.54) is 25.3 Å². The molecule has 7 nitrogen and oxygen atoms in total. The molecule has 1 aliphatic rings. The monoisotopic (exact) mass is 438 g/mol. The minimum atomic E-state index is -0.582. The van der Waals surface area contributed by atoms with E-state index in [4.69, 9.17) is 27.9 Å². The van der Waals surface area contributed by atoms with Gasteiger partial charge in [-0.2, -0.15) is 0 Å². The van der Waals surface area contributed by atoms with Gasteiger partial charge < -0.3 is 4.74 Å². The van der Waals surface area contributed by atoms with Gasteiger partial charge in [0.25, 0.3) is 11.1 Å². The first-order valence-electron chi connectivity index (χ1n) is 7.82. The number of rotatable bonds is 5. The van der Waals surface area contributed by atoms with Gasteiger partial charge in [0.2, 0.25) is 0 Å². The molecule has 0 atom stereocenters. The smallest absolute Gasteiger partial charge is 0.311 e. The van der Waals surface area contributed by atoms with Crippen molar-refractivity contribution in [2.45, 2.75) is 6.54 Å². The van der Waals surface area contributed by atoms with Gasteiger partial charge in [0.15, 0.2) is 5.75 Å². The molecule has 0 saturated carbocycles. The normalized spacial score (nSPS) is 15.4. The van der Waals surface area contributed by atoms with Crippen molar-refractivity contribution < 1.29 is 19.2 Å². The number of imide groups is 1. The van der Waals surface area contributed by atoms with Crippen LogP contribution in [0.2, 0.25) is 10.0 Å². The van der Waals surface area contributed by atoms with Crippen LogP contribution in [0, 0.1) is 10.1 Å². The van der Waals surface area contributed by atoms with Gasteiger partial charge >= 0.3 is 5.69 Å². The summed E-state index contributed by atoms with van der Waals surface area (Å²) in [6.07, 6.45) is 1.42. The molecule has 2 amide bonds. The van der Waals surface area contributed by atoms with Crippen LogP contribution in [0.1, 0.15) is 11.1 Å². The van der Waals surface area contributed by atoms with E-state index in [9.17, 15) is 19.7 Å². The number of methoxy groups -OCH3 is 1. The second-order valence-corrected chi connectivity index (χ2v) is 7.46. The molecule has 1 fully saturated rings. The Bertz CT molecular complexity index is 1000. The molecule has 0 aliphatic carbocycles. The molecule has 2 aromatic rings. The fourth-order valence-electron chi connectivity index (χ4n) is 2.57. The van der Waals surface area contributed by atoms with Gasteiger partial charge in [0.05, 0.1) is 23.5 Å².